The van der Waals surface area contributed by atoms with Crippen LogP contribution in [0.5, 0.6) is 0 Å². The number of aromatic nitrogens is 2. The van der Waals surface area contributed by atoms with Crippen LogP contribution in [0.1, 0.15) is 52.6 Å². The summed E-state index contributed by atoms with van der Waals surface area (Å²) in [6.07, 6.45) is 4.23. The molecule has 1 aromatic carbocycles. The van der Waals surface area contributed by atoms with E-state index >= 15 is 0 Å². The number of sulfonamides is 1. The molecule has 2 aliphatic heterocycles. The Morgan fingerprint density at radius 1 is 1.10 bits per heavy atom. The Bertz CT molecular complexity index is 1380. The second-order valence-electron chi connectivity index (χ2n) is 11.9. The molecule has 1 aromatic heterocycles. The Hall–Kier alpha value is -2.96. The highest BCUT2D eigenvalue weighted by Crippen LogP contribution is 2.35. The van der Waals surface area contributed by atoms with E-state index in [0.29, 0.717) is 61.1 Å². The zero-order chi connectivity index (χ0) is 29.5. The monoisotopic (exact) mass is 586 g/mol. The summed E-state index contributed by atoms with van der Waals surface area (Å²) in [5, 5.41) is 3.12. The zero-order valence-corrected chi connectivity index (χ0v) is 24.9. The molecule has 2 unspecified atom stereocenters. The third-order valence-corrected chi connectivity index (χ3v) is 10.5. The summed E-state index contributed by atoms with van der Waals surface area (Å²) in [6, 6.07) is 5.80. The molecule has 5 rings (SSSR count). The molecule has 2 aromatic rings. The predicted octanol–water partition coefficient (Wildman–Crippen LogP) is 2.15. The van der Waals surface area contributed by atoms with Gasteiger partial charge in [0.1, 0.15) is 12.1 Å². The van der Waals surface area contributed by atoms with Gasteiger partial charge in [-0.15, -0.1) is 0 Å². The van der Waals surface area contributed by atoms with E-state index < -0.39 is 10.0 Å². The van der Waals surface area contributed by atoms with Crippen LogP contribution >= 0.6 is 0 Å². The van der Waals surface area contributed by atoms with Gasteiger partial charge in [-0.2, -0.15) is 0 Å². The van der Waals surface area contributed by atoms with Crippen LogP contribution in [0, 0.1) is 37.4 Å². The van der Waals surface area contributed by atoms with E-state index in [0.717, 1.165) is 25.2 Å². The van der Waals surface area contributed by atoms with Crippen LogP contribution in [0.4, 0.5) is 4.39 Å². The van der Waals surface area contributed by atoms with Crippen molar-refractivity contribution >= 4 is 21.8 Å². The number of rotatable bonds is 9. The van der Waals surface area contributed by atoms with Crippen LogP contribution in [-0.2, 0) is 14.8 Å². The molecule has 2 saturated heterocycles. The van der Waals surface area contributed by atoms with E-state index in [1.54, 1.807) is 13.1 Å². The van der Waals surface area contributed by atoms with Gasteiger partial charge in [0.25, 0.3) is 5.91 Å². The average Bonchev–Trinajstić information content (AvgIpc) is 3.44. The van der Waals surface area contributed by atoms with E-state index in [1.807, 2.05) is 24.8 Å². The summed E-state index contributed by atoms with van der Waals surface area (Å²) in [5.41, 5.74) is 2.71. The maximum Gasteiger partial charge on any atom is 0.257 e. The molecule has 3 fully saturated rings. The molecule has 1 N–H and O–H groups in total. The number of hydrogen-bond acceptors (Lipinski definition) is 7. The fourth-order valence-corrected chi connectivity index (χ4v) is 7.23. The van der Waals surface area contributed by atoms with Crippen molar-refractivity contribution in [3.63, 3.8) is 0 Å². The number of halogens is 1. The molecule has 0 bridgehead atoms. The SMILES string of the molecule is Cc1ncnc(C)c1C(=O)N1CC2CN(CCC(NC(=O)C3CC(N(C)S(C)(=O)=O)C3)c3cccc(F)c3)C[C@H]2C1. The second kappa shape index (κ2) is 11.7. The van der Waals surface area contributed by atoms with Crippen molar-refractivity contribution in [2.24, 2.45) is 17.8 Å². The van der Waals surface area contributed by atoms with Gasteiger partial charge < -0.3 is 15.1 Å². The number of aryl methyl sites for hydroxylation is 2. The van der Waals surface area contributed by atoms with Crippen LogP contribution in [0.25, 0.3) is 0 Å². The number of nitrogens with zero attached hydrogens (tertiary/aromatic N) is 5. The number of carbonyl (C=O) groups is 2. The van der Waals surface area contributed by atoms with E-state index in [4.69, 9.17) is 0 Å². The van der Waals surface area contributed by atoms with Gasteiger partial charge in [0.15, 0.2) is 0 Å². The average molecular weight is 587 g/mol. The minimum Gasteiger partial charge on any atom is -0.349 e. The van der Waals surface area contributed by atoms with Crippen molar-refractivity contribution < 1.29 is 22.4 Å². The summed E-state index contributed by atoms with van der Waals surface area (Å²) in [7, 11) is -1.76. The number of benzene rings is 1. The largest absolute Gasteiger partial charge is 0.349 e. The van der Waals surface area contributed by atoms with Crippen molar-refractivity contribution in [2.75, 3.05) is 46.0 Å². The molecule has 1 aliphatic carbocycles. The first kappa shape index (κ1) is 29.5. The first-order valence-electron chi connectivity index (χ1n) is 14.2. The minimum atomic E-state index is -3.31. The highest BCUT2D eigenvalue weighted by Gasteiger charge is 2.43. The Balaban J connectivity index is 1.16. The Labute approximate surface area is 241 Å². The molecule has 0 spiro atoms. The molecule has 0 radical (unpaired) electrons. The van der Waals surface area contributed by atoms with Gasteiger partial charge in [0.05, 0.1) is 29.2 Å². The normalized spacial score (nSPS) is 25.2. The number of amides is 2. The quantitative estimate of drug-likeness (QED) is 0.479. The van der Waals surface area contributed by atoms with Crippen molar-refractivity contribution in [2.45, 2.75) is 45.2 Å². The fourth-order valence-electron chi connectivity index (χ4n) is 6.52. The summed E-state index contributed by atoms with van der Waals surface area (Å²) >= 11 is 0. The van der Waals surface area contributed by atoms with Crippen LogP contribution in [0.15, 0.2) is 30.6 Å². The summed E-state index contributed by atoms with van der Waals surface area (Å²) < 4.78 is 39.1. The third-order valence-electron chi connectivity index (χ3n) is 9.11. The molecule has 2 amide bonds. The number of nitrogens with one attached hydrogen (secondary N) is 1. The first-order valence-corrected chi connectivity index (χ1v) is 16.0. The molecule has 12 heteroatoms. The maximum atomic E-state index is 14.1. The van der Waals surface area contributed by atoms with Gasteiger partial charge in [-0.1, -0.05) is 12.1 Å². The van der Waals surface area contributed by atoms with Crippen molar-refractivity contribution in [1.29, 1.82) is 0 Å². The van der Waals surface area contributed by atoms with E-state index in [-0.39, 0.29) is 35.6 Å². The van der Waals surface area contributed by atoms with Crippen LogP contribution in [0.3, 0.4) is 0 Å². The van der Waals surface area contributed by atoms with Crippen LogP contribution in [-0.4, -0.2) is 96.4 Å². The Morgan fingerprint density at radius 3 is 2.32 bits per heavy atom. The summed E-state index contributed by atoms with van der Waals surface area (Å²) in [6.45, 7) is 7.53. The molecular formula is C29H39FN6O4S. The topological polar surface area (TPSA) is 116 Å². The van der Waals surface area contributed by atoms with Gasteiger partial charge in [0.2, 0.25) is 15.9 Å². The molecule has 41 heavy (non-hydrogen) atoms. The number of hydrogen-bond donors (Lipinski definition) is 1. The zero-order valence-electron chi connectivity index (χ0n) is 24.1. The molecular weight excluding hydrogens is 547 g/mol. The smallest absolute Gasteiger partial charge is 0.257 e. The van der Waals surface area contributed by atoms with E-state index in [1.165, 1.54) is 29.0 Å². The Morgan fingerprint density at radius 2 is 1.73 bits per heavy atom. The van der Waals surface area contributed by atoms with Crippen molar-refractivity contribution in [3.8, 4) is 0 Å². The standard InChI is InChI=1S/C29H39FN6O4S/c1-18-27(19(2)32-17-31-18)29(38)36-15-22-13-35(14-23(22)16-36)9-8-26(20-6-5-7-24(30)10-20)33-28(37)21-11-25(12-21)34(3)41(4,39)40/h5-7,10,17,21-23,25-26H,8-9,11-16H2,1-4H3,(H,33,37)/t21?,22-,23?,25?,26?/m0/s1. The molecule has 10 nitrogen and oxygen atoms in total. The predicted molar refractivity (Wildman–Crippen MR) is 152 cm³/mol. The second-order valence-corrected chi connectivity index (χ2v) is 14.0. The summed E-state index contributed by atoms with van der Waals surface area (Å²) in [4.78, 5) is 39.0. The van der Waals surface area contributed by atoms with Crippen LogP contribution < -0.4 is 5.32 Å². The lowest BCUT2D eigenvalue weighted by atomic mass is 9.79. The lowest BCUT2D eigenvalue weighted by Crippen LogP contribution is -2.50. The molecule has 1 saturated carbocycles. The highest BCUT2D eigenvalue weighted by atomic mass is 32.2. The molecule has 3 heterocycles. The molecule has 3 atom stereocenters. The Kier molecular flexibility index (Phi) is 8.45. The highest BCUT2D eigenvalue weighted by molar-refractivity contribution is 7.88. The van der Waals surface area contributed by atoms with Gasteiger partial charge in [-0.25, -0.2) is 27.1 Å². The van der Waals surface area contributed by atoms with Gasteiger partial charge in [0, 0.05) is 51.7 Å². The van der Waals surface area contributed by atoms with E-state index in [2.05, 4.69) is 20.2 Å². The minimum absolute atomic E-state index is 0.00334. The lowest BCUT2D eigenvalue weighted by Gasteiger charge is -2.39. The van der Waals surface area contributed by atoms with Crippen LogP contribution in [0.2, 0.25) is 0 Å². The number of likely N-dealkylation sites (tertiary alicyclic amines) is 2. The van der Waals surface area contributed by atoms with Gasteiger partial charge >= 0.3 is 0 Å². The lowest BCUT2D eigenvalue weighted by molar-refractivity contribution is -0.129. The third kappa shape index (κ3) is 6.44. The number of fused-ring (bicyclic) bond motifs is 1. The van der Waals surface area contributed by atoms with Gasteiger partial charge in [-0.3, -0.25) is 9.59 Å². The van der Waals surface area contributed by atoms with Gasteiger partial charge in [-0.05, 0) is 62.6 Å². The first-order chi connectivity index (χ1) is 19.4. The van der Waals surface area contributed by atoms with Crippen molar-refractivity contribution in [1.82, 2.24) is 29.4 Å². The fraction of sp³-hybridized carbons (Fsp3) is 0.586. The number of carbonyl (C=O) groups excluding carboxylic acids is 2. The molecule has 3 aliphatic rings. The van der Waals surface area contributed by atoms with Crippen molar-refractivity contribution in [3.05, 3.63) is 58.9 Å². The van der Waals surface area contributed by atoms with E-state index in [9.17, 15) is 22.4 Å². The summed E-state index contributed by atoms with van der Waals surface area (Å²) in [5.74, 6) is 0.0132. The maximum absolute atomic E-state index is 14.1. The molecule has 222 valence electrons.